The Morgan fingerprint density at radius 2 is 0.774 bits per heavy atom. The number of amides is 9. The van der Waals surface area contributed by atoms with Crippen molar-refractivity contribution in [3.63, 3.8) is 0 Å². The molecule has 0 aliphatic carbocycles. The Kier molecular flexibility index (Phi) is 36.4. The minimum Gasteiger partial charge on any atom is -0.497 e. The Hall–Kier alpha value is -11.1. The first-order valence-electron chi connectivity index (χ1n) is 43.2. The number of anilines is 3. The number of nitrogens with zero attached hydrogens (tertiary/aromatic N) is 8. The predicted molar refractivity (Wildman–Crippen MR) is 506 cm³/mol. The van der Waals surface area contributed by atoms with Crippen molar-refractivity contribution in [2.45, 2.75) is 138 Å². The molecule has 5 saturated heterocycles. The highest BCUT2D eigenvalue weighted by molar-refractivity contribution is 9.11. The highest BCUT2D eigenvalue weighted by atomic mass is 79.9. The molecule has 9 aromatic rings. The van der Waals surface area contributed by atoms with Gasteiger partial charge in [0.25, 0.3) is 47.3 Å². The van der Waals surface area contributed by atoms with Crippen LogP contribution in [0.25, 0.3) is 11.0 Å². The molecule has 6 heterocycles. The van der Waals surface area contributed by atoms with Crippen LogP contribution in [0.1, 0.15) is 106 Å². The van der Waals surface area contributed by atoms with Gasteiger partial charge in [0.05, 0.1) is 54.7 Å². The van der Waals surface area contributed by atoms with Gasteiger partial charge in [-0.2, -0.15) is 0 Å². The lowest BCUT2D eigenvalue weighted by Gasteiger charge is -2.43. The van der Waals surface area contributed by atoms with Crippen LogP contribution in [0.4, 0.5) is 25.8 Å². The van der Waals surface area contributed by atoms with Gasteiger partial charge in [0.1, 0.15) is 22.9 Å². The molecule has 710 valence electrons. The van der Waals surface area contributed by atoms with E-state index in [1.165, 1.54) is 25.7 Å². The van der Waals surface area contributed by atoms with Crippen molar-refractivity contribution in [1.29, 1.82) is 0 Å². The van der Waals surface area contributed by atoms with Gasteiger partial charge in [-0.3, -0.25) is 47.7 Å². The van der Waals surface area contributed by atoms with Crippen molar-refractivity contribution < 1.29 is 97.5 Å². The second-order valence-electron chi connectivity index (χ2n) is 32.8. The summed E-state index contributed by atoms with van der Waals surface area (Å²) in [5.41, 5.74) is 5.97. The van der Waals surface area contributed by atoms with E-state index < -0.39 is 131 Å². The number of fused-ring (bicyclic) bond motifs is 1. The minimum atomic E-state index is -1.94. The van der Waals surface area contributed by atoms with Crippen LogP contribution in [0.2, 0.25) is 0 Å². The fraction of sp³-hybridized carbons (Fsp3) is 0.383. The molecule has 8 aromatic carbocycles. The van der Waals surface area contributed by atoms with Crippen molar-refractivity contribution in [1.82, 2.24) is 55.7 Å². The van der Waals surface area contributed by atoms with Gasteiger partial charge in [-0.1, -0.05) is 149 Å². The van der Waals surface area contributed by atoms with Crippen LogP contribution in [0.15, 0.2) is 217 Å². The van der Waals surface area contributed by atoms with Crippen molar-refractivity contribution in [3.05, 3.63) is 256 Å². The van der Waals surface area contributed by atoms with Gasteiger partial charge in [-0.15, -0.1) is 0 Å². The minimum absolute atomic E-state index is 0.0876. The monoisotopic (exact) mass is 2090 g/mol. The van der Waals surface area contributed by atoms with Crippen molar-refractivity contribution in [2.75, 3.05) is 107 Å². The number of aliphatic hydroxyl groups is 8. The average molecular weight is 2100 g/mol. The summed E-state index contributed by atoms with van der Waals surface area (Å²) in [5, 5.41) is 96.0. The van der Waals surface area contributed by atoms with Crippen molar-refractivity contribution in [3.8, 4) is 5.75 Å². The molecular weight excluding hydrogens is 1990 g/mol. The summed E-state index contributed by atoms with van der Waals surface area (Å²) >= 11 is 13.4. The molecule has 0 unspecified atom stereocenters. The van der Waals surface area contributed by atoms with Gasteiger partial charge in [0, 0.05) is 126 Å². The van der Waals surface area contributed by atoms with Crippen LogP contribution < -0.4 is 51.7 Å². The molecule has 5 aliphatic heterocycles. The number of halogens is 6. The van der Waals surface area contributed by atoms with E-state index in [9.17, 15) is 97.6 Å². The number of aliphatic hydroxyl groups excluding tert-OH is 8. The zero-order chi connectivity index (χ0) is 96.2. The molecule has 1 spiro atoms. The van der Waals surface area contributed by atoms with Crippen molar-refractivity contribution >= 4 is 145 Å². The Morgan fingerprint density at radius 3 is 1.17 bits per heavy atom. The summed E-state index contributed by atoms with van der Waals surface area (Å²) in [6.45, 7) is 11.1. The lowest BCUT2D eigenvalue weighted by molar-refractivity contribution is -0.154. The summed E-state index contributed by atoms with van der Waals surface area (Å²) in [7, 11) is 1.61. The number of aromatic nitrogens is 2. The molecule has 14 rings (SSSR count). The van der Waals surface area contributed by atoms with Gasteiger partial charge in [-0.05, 0) is 173 Å². The highest BCUT2D eigenvalue weighted by Crippen LogP contribution is 2.37. The molecule has 0 saturated carbocycles. The molecule has 0 bridgehead atoms. The molecule has 0 radical (unpaired) electrons. The van der Waals surface area contributed by atoms with Crippen LogP contribution in [0.5, 0.6) is 5.75 Å². The molecule has 5 aliphatic rings. The first-order valence-corrected chi connectivity index (χ1v) is 46.4. The number of piperazine rings is 2. The predicted octanol–water partition coefficient (Wildman–Crippen LogP) is 6.84. The lowest BCUT2D eigenvalue weighted by Crippen LogP contribution is -2.59. The SMILES string of the molecule is COc1cccc(N2CCN(C(=O)[C@H](O)[C@@H](O)C(=O)N[C@@H](C)c3ccc(Br)cc3)CC2)c1.C[C@H](NC(=O)[C@H](O)[C@@H](O)C(=O)N1CCC(n2c(=O)[nH]c3ccccc32)CC1)c1ccc(Br)cc1.C[C@H](NC(=O)[C@H](O)[C@@H](O)C(=O)N1CCC2(CC1)C(=O)NCN2c1ccccc1)c1ccc(Br)cc1.C[C@H](NC(=O)[C@H](O)[C@@H](O)C(=O)N1CCN(c2ccc(F)cc2F)CC1)c1ccc(Br)cc1. The maximum atomic E-state index is 14.0. The smallest absolute Gasteiger partial charge is 0.326 e. The topological polar surface area (TPSA) is 445 Å². The molecule has 9 amide bonds. The Morgan fingerprint density at radius 1 is 0.414 bits per heavy atom. The number of hydrogen-bond donors (Lipinski definition) is 14. The highest BCUT2D eigenvalue weighted by Gasteiger charge is 2.52. The number of aromatic amines is 1. The number of methoxy groups -OCH3 is 1. The van der Waals surface area contributed by atoms with E-state index in [0.29, 0.717) is 71.6 Å². The number of hydrogen-bond acceptors (Lipinski definition) is 22. The zero-order valence-electron chi connectivity index (χ0n) is 73.4. The number of para-hydroxylation sites is 3. The molecule has 5 fully saturated rings. The normalized spacial score (nSPS) is 17.7. The quantitative estimate of drug-likeness (QED) is 0.0278. The third kappa shape index (κ3) is 26.1. The van der Waals surface area contributed by atoms with Crippen LogP contribution >= 0.6 is 63.7 Å². The number of rotatable bonds is 25. The second kappa shape index (κ2) is 47.2. The number of carbonyl (C=O) groups is 9. The maximum Gasteiger partial charge on any atom is 0.326 e. The Balaban J connectivity index is 0.000000171. The number of carbonyl (C=O) groups excluding carboxylic acids is 9. The van der Waals surface area contributed by atoms with Gasteiger partial charge in [0.2, 0.25) is 5.91 Å². The van der Waals surface area contributed by atoms with Gasteiger partial charge in [-0.25, -0.2) is 13.6 Å². The summed E-state index contributed by atoms with van der Waals surface area (Å²) in [4.78, 5) is 140. The van der Waals surface area contributed by atoms with Crippen LogP contribution in [0.3, 0.4) is 0 Å². The lowest BCUT2D eigenvalue weighted by atomic mass is 9.85. The zero-order valence-corrected chi connectivity index (χ0v) is 79.8. The summed E-state index contributed by atoms with van der Waals surface area (Å²) in [6.07, 6.45) is -13.3. The number of likely N-dealkylation sites (tertiary alicyclic amines) is 2. The second-order valence-corrected chi connectivity index (χ2v) is 36.4. The molecule has 1 aromatic heterocycles. The van der Waals surface area contributed by atoms with Crippen LogP contribution in [-0.4, -0.2) is 270 Å². The Bertz CT molecular complexity index is 5560. The van der Waals surface area contributed by atoms with Crippen LogP contribution in [-0.2, 0) is 43.2 Å². The maximum absolute atomic E-state index is 14.0. The van der Waals surface area contributed by atoms with E-state index in [1.54, 1.807) is 56.4 Å². The molecule has 33 nitrogen and oxygen atoms in total. The number of imidazole rings is 1. The summed E-state index contributed by atoms with van der Waals surface area (Å²) < 4.78 is 37.6. The molecule has 39 heteroatoms. The first-order chi connectivity index (χ1) is 63.4. The fourth-order valence-corrected chi connectivity index (χ4v) is 17.3. The van der Waals surface area contributed by atoms with E-state index in [2.05, 4.69) is 100 Å². The number of ether oxygens (including phenoxy) is 1. The summed E-state index contributed by atoms with van der Waals surface area (Å²) in [5.74, 6) is -6.91. The van der Waals surface area contributed by atoms with Crippen LogP contribution in [0, 0.1) is 11.6 Å². The number of benzene rings is 8. The van der Waals surface area contributed by atoms with E-state index in [-0.39, 0.29) is 68.6 Å². The first kappa shape index (κ1) is 102. The number of nitrogens with one attached hydrogen (secondary N) is 6. The van der Waals surface area contributed by atoms with E-state index in [0.717, 1.165) is 80.4 Å². The fourth-order valence-electron chi connectivity index (χ4n) is 16.2. The van der Waals surface area contributed by atoms with E-state index >= 15 is 0 Å². The standard InChI is InChI=1S/C25H29BrN4O5.C24H27BrN4O5.C23H28BrN3O5.C22H24BrF2N3O4/c1-16(17-7-9-18(26)10-8-17)28-22(33)20(31)21(32)23(34)29-13-11-25(12-14-29)24(35)27-15-30(25)19-5-3-2-4-6-19;1-14(15-6-8-16(25)9-7-15)26-22(32)20(30)21(31)23(33)28-12-10-17(11-13-28)29-19-5-3-2-4-18(19)27-24(29)34;1-15(16-6-8-17(24)9-7-16)25-22(30)20(28)21(29)23(31)27-12-10-26(11-13-27)18-4-3-5-19(14-18)32-2;1-13(14-2-4-15(23)5-3-14)26-21(31)19(29)20(30)22(32)28-10-8-27(9-11-28)18-7-6-16(24)12-17(18)25/h2-10,16,20-21,31-32H,11-15H2,1H3,(H,27,35)(H,28,33);2-9,14,17,20-21,30-31H,10-13H2,1H3,(H,26,32)(H,27,34);3-9,14-15,20-21,28-29H,10-13H2,1-2H3,(H,25,30);2-7,12-13,19-20,29-30H,8-11H2,1H3,(H,26,31)/t16-,20+,21+;14-,20+,21+;15-,20+,21+;13-,19+,20+/m0000/s1. The summed E-state index contributed by atoms with van der Waals surface area (Å²) in [6, 6.07) is 55.4. The van der Waals surface area contributed by atoms with Gasteiger partial charge in [0.15, 0.2) is 48.8 Å². The molecular formula is C94H108Br4F2N14O19. The average Bonchev–Trinajstić information content (AvgIpc) is 1.63. The van der Waals surface area contributed by atoms with Gasteiger partial charge >= 0.3 is 5.69 Å². The number of H-pyrrole nitrogens is 1. The molecule has 14 N–H and O–H groups in total. The molecule has 133 heavy (non-hydrogen) atoms. The van der Waals surface area contributed by atoms with Gasteiger partial charge < -0.3 is 111 Å². The molecule has 12 atom stereocenters. The Labute approximate surface area is 800 Å². The van der Waals surface area contributed by atoms with E-state index in [4.69, 9.17) is 4.74 Å². The largest absolute Gasteiger partial charge is 0.497 e. The number of piperidine rings is 2. The van der Waals surface area contributed by atoms with E-state index in [1.807, 2.05) is 169 Å². The van der Waals surface area contributed by atoms with Crippen molar-refractivity contribution in [2.24, 2.45) is 0 Å². The third-order valence-electron chi connectivity index (χ3n) is 24.1. The third-order valence-corrected chi connectivity index (χ3v) is 26.2.